The number of nitrogens with one attached hydrogen (secondary N) is 2. The van der Waals surface area contributed by atoms with E-state index in [2.05, 4.69) is 32.7 Å². The minimum Gasteiger partial charge on any atom is -0.357 e. The molecule has 5 aromatic rings. The maximum absolute atomic E-state index is 13.2. The second kappa shape index (κ2) is 9.32. The highest BCUT2D eigenvalue weighted by molar-refractivity contribution is 5.83. The van der Waals surface area contributed by atoms with E-state index < -0.39 is 0 Å². The zero-order valence-corrected chi connectivity index (χ0v) is 21.2. The van der Waals surface area contributed by atoms with Crippen LogP contribution in [0.2, 0.25) is 0 Å². The summed E-state index contributed by atoms with van der Waals surface area (Å²) in [6, 6.07) is 12.3. The van der Waals surface area contributed by atoms with Gasteiger partial charge in [0.2, 0.25) is 5.95 Å². The Kier molecular flexibility index (Phi) is 5.84. The van der Waals surface area contributed by atoms with Crippen LogP contribution in [0.25, 0.3) is 27.8 Å². The number of pyridine rings is 1. The third kappa shape index (κ3) is 4.10. The molecule has 5 heterocycles. The lowest BCUT2D eigenvalue weighted by atomic mass is 10.1. The van der Waals surface area contributed by atoms with Crippen LogP contribution in [0.3, 0.4) is 0 Å². The summed E-state index contributed by atoms with van der Waals surface area (Å²) in [5.74, 6) is 1.92. The number of nitrogens with zero attached hydrogens (tertiary/aromatic N) is 8. The molecule has 0 amide bonds. The summed E-state index contributed by atoms with van der Waals surface area (Å²) in [6.45, 7) is 4.43. The first kappa shape index (κ1) is 23.2. The summed E-state index contributed by atoms with van der Waals surface area (Å²) in [4.78, 5) is 29.6. The van der Waals surface area contributed by atoms with Gasteiger partial charge in [0.05, 0.1) is 11.7 Å². The molecule has 11 heteroatoms. The van der Waals surface area contributed by atoms with E-state index in [4.69, 9.17) is 9.97 Å². The molecule has 4 aromatic heterocycles. The Morgan fingerprint density at radius 1 is 1.14 bits per heavy atom. The maximum Gasteiger partial charge on any atom is 0.278 e. The Labute approximate surface area is 213 Å². The van der Waals surface area contributed by atoms with Gasteiger partial charge >= 0.3 is 0 Å². The summed E-state index contributed by atoms with van der Waals surface area (Å²) >= 11 is 0. The number of hydrogen-bond acceptors (Lipinski definition) is 8. The number of aromatic nitrogens is 7. The number of rotatable bonds is 6. The molecule has 0 saturated carbocycles. The first-order valence-corrected chi connectivity index (χ1v) is 12.6. The largest absolute Gasteiger partial charge is 0.357 e. The van der Waals surface area contributed by atoms with Gasteiger partial charge in [-0.25, -0.2) is 19.3 Å². The molecule has 2 N–H and O–H groups in total. The van der Waals surface area contributed by atoms with Crippen LogP contribution in [0.4, 0.5) is 17.5 Å². The van der Waals surface area contributed by atoms with Crippen molar-refractivity contribution < 1.29 is 0 Å². The van der Waals surface area contributed by atoms with Crippen LogP contribution in [-0.4, -0.2) is 60.3 Å². The molecule has 37 heavy (non-hydrogen) atoms. The molecule has 0 atom stereocenters. The van der Waals surface area contributed by atoms with Gasteiger partial charge in [-0.1, -0.05) is 6.07 Å². The third-order valence-corrected chi connectivity index (χ3v) is 7.13. The number of aryl methyl sites for hydroxylation is 1. The number of benzene rings is 1. The van der Waals surface area contributed by atoms with Gasteiger partial charge in [0.25, 0.3) is 5.56 Å². The maximum atomic E-state index is 13.2. The summed E-state index contributed by atoms with van der Waals surface area (Å²) in [5, 5.41) is 12.5. The number of anilines is 3. The van der Waals surface area contributed by atoms with Crippen LogP contribution in [0, 0.1) is 0 Å². The molecular weight excluding hydrogens is 468 g/mol. The highest BCUT2D eigenvalue weighted by Gasteiger charge is 2.21. The lowest BCUT2D eigenvalue weighted by Crippen LogP contribution is -2.41. The van der Waals surface area contributed by atoms with Crippen LogP contribution in [0.15, 0.2) is 53.6 Å². The molecule has 0 unspecified atom stereocenters. The molecule has 1 aromatic carbocycles. The van der Waals surface area contributed by atoms with Crippen molar-refractivity contribution in [3.63, 3.8) is 0 Å². The number of piperidine rings is 1. The fraction of sp³-hybridized carbons (Fsp3) is 0.346. The first-order chi connectivity index (χ1) is 18.0. The SMILES string of the molecule is CCn1c(=O)c2cnc(Nc3ccc4c(cnn4C)c3)nc2n1-c1cccc(N(C)C2CCNCC2)n1. The lowest BCUT2D eigenvalue weighted by molar-refractivity contribution is 0.441. The van der Waals surface area contributed by atoms with E-state index in [1.54, 1.807) is 15.6 Å². The van der Waals surface area contributed by atoms with E-state index in [1.165, 1.54) is 0 Å². The molecule has 1 saturated heterocycles. The molecule has 0 spiro atoms. The van der Waals surface area contributed by atoms with Crippen molar-refractivity contribution >= 4 is 39.4 Å². The Hall–Kier alpha value is -4.25. The number of fused-ring (bicyclic) bond motifs is 2. The van der Waals surface area contributed by atoms with E-state index in [0.717, 1.165) is 48.3 Å². The minimum atomic E-state index is -0.139. The summed E-state index contributed by atoms with van der Waals surface area (Å²) in [6.07, 6.45) is 5.55. The normalized spacial score (nSPS) is 14.5. The number of hydrogen-bond donors (Lipinski definition) is 2. The van der Waals surface area contributed by atoms with Gasteiger partial charge in [0, 0.05) is 44.0 Å². The van der Waals surface area contributed by atoms with Crippen LogP contribution in [-0.2, 0) is 13.6 Å². The van der Waals surface area contributed by atoms with Crippen LogP contribution >= 0.6 is 0 Å². The molecule has 0 bridgehead atoms. The Balaban J connectivity index is 1.40. The van der Waals surface area contributed by atoms with E-state index in [-0.39, 0.29) is 5.56 Å². The highest BCUT2D eigenvalue weighted by Crippen LogP contribution is 2.24. The molecule has 190 valence electrons. The van der Waals surface area contributed by atoms with Gasteiger partial charge in [0.15, 0.2) is 11.5 Å². The fourth-order valence-electron chi connectivity index (χ4n) is 5.08. The zero-order chi connectivity index (χ0) is 25.5. The fourth-order valence-corrected chi connectivity index (χ4v) is 5.08. The monoisotopic (exact) mass is 498 g/mol. The van der Waals surface area contributed by atoms with Crippen molar-refractivity contribution in [2.24, 2.45) is 7.05 Å². The summed E-state index contributed by atoms with van der Waals surface area (Å²) in [7, 11) is 4.00. The standard InChI is InChI=1S/C26H30N10O/c1-4-35-25(37)20-16-28-26(30-18-8-9-21-17(14-18)15-29-34(21)3)32-24(20)36(35)23-7-5-6-22(31-23)33(2)19-10-12-27-13-11-19/h5-9,14-16,19,27H,4,10-13H2,1-3H3,(H,28,30,32). The Morgan fingerprint density at radius 3 is 2.78 bits per heavy atom. The quantitative estimate of drug-likeness (QED) is 0.368. The molecule has 1 aliphatic heterocycles. The van der Waals surface area contributed by atoms with Crippen molar-refractivity contribution in [3.05, 3.63) is 59.1 Å². The predicted octanol–water partition coefficient (Wildman–Crippen LogP) is 2.82. The molecule has 11 nitrogen and oxygen atoms in total. The zero-order valence-electron chi connectivity index (χ0n) is 21.2. The Bertz CT molecular complexity index is 1640. The van der Waals surface area contributed by atoms with E-state index in [0.29, 0.717) is 35.4 Å². The van der Waals surface area contributed by atoms with Crippen LogP contribution in [0.5, 0.6) is 0 Å². The molecule has 1 fully saturated rings. The van der Waals surface area contributed by atoms with E-state index in [1.807, 2.05) is 61.2 Å². The van der Waals surface area contributed by atoms with Gasteiger partial charge in [0.1, 0.15) is 11.2 Å². The van der Waals surface area contributed by atoms with Gasteiger partial charge < -0.3 is 15.5 Å². The molecule has 6 rings (SSSR count). The summed E-state index contributed by atoms with van der Waals surface area (Å²) < 4.78 is 5.29. The molecule has 0 aliphatic carbocycles. The predicted molar refractivity (Wildman–Crippen MR) is 145 cm³/mol. The molecular formula is C26H30N10O. The van der Waals surface area contributed by atoms with E-state index >= 15 is 0 Å². The van der Waals surface area contributed by atoms with Crippen LogP contribution < -0.4 is 21.1 Å². The molecule has 0 radical (unpaired) electrons. The second-order valence-electron chi connectivity index (χ2n) is 9.38. The van der Waals surface area contributed by atoms with Gasteiger partial charge in [-0.05, 0) is 63.2 Å². The van der Waals surface area contributed by atoms with Crippen molar-refractivity contribution in [3.8, 4) is 5.82 Å². The van der Waals surface area contributed by atoms with Crippen molar-refractivity contribution in [1.29, 1.82) is 0 Å². The topological polar surface area (TPSA) is 111 Å². The smallest absolute Gasteiger partial charge is 0.278 e. The molecule has 1 aliphatic rings. The van der Waals surface area contributed by atoms with Crippen molar-refractivity contribution in [1.82, 2.24) is 39.4 Å². The average Bonchev–Trinajstić information content (AvgIpc) is 3.44. The first-order valence-electron chi connectivity index (χ1n) is 12.6. The van der Waals surface area contributed by atoms with Crippen LogP contribution in [0.1, 0.15) is 19.8 Å². The third-order valence-electron chi connectivity index (χ3n) is 7.13. The highest BCUT2D eigenvalue weighted by atomic mass is 16.1. The van der Waals surface area contributed by atoms with Crippen molar-refractivity contribution in [2.45, 2.75) is 32.4 Å². The lowest BCUT2D eigenvalue weighted by Gasteiger charge is -2.32. The second-order valence-corrected chi connectivity index (χ2v) is 9.38. The Morgan fingerprint density at radius 2 is 1.97 bits per heavy atom. The minimum absolute atomic E-state index is 0.139. The average molecular weight is 499 g/mol. The van der Waals surface area contributed by atoms with Gasteiger partial charge in [-0.3, -0.25) is 9.48 Å². The van der Waals surface area contributed by atoms with Gasteiger partial charge in [-0.2, -0.15) is 10.1 Å². The van der Waals surface area contributed by atoms with E-state index in [9.17, 15) is 4.79 Å². The van der Waals surface area contributed by atoms with Gasteiger partial charge in [-0.15, -0.1) is 0 Å². The summed E-state index contributed by atoms with van der Waals surface area (Å²) in [5.41, 5.74) is 2.25. The van der Waals surface area contributed by atoms with Crippen molar-refractivity contribution in [2.75, 3.05) is 30.4 Å².